The van der Waals surface area contributed by atoms with E-state index in [2.05, 4.69) is 28.9 Å². The van der Waals surface area contributed by atoms with E-state index in [4.69, 9.17) is 15.0 Å². The van der Waals surface area contributed by atoms with E-state index in [0.717, 1.165) is 26.2 Å². The maximum Gasteiger partial charge on any atom is 0.240 e. The molecule has 1 fully saturated rings. The Morgan fingerprint density at radius 1 is 1.47 bits per heavy atom. The SMILES string of the molecule is CC(C)CC1COCCN1Cc1noc(CN)n1.Cl. The third-order valence-electron chi connectivity index (χ3n) is 3.12. The highest BCUT2D eigenvalue weighted by Crippen LogP contribution is 2.17. The van der Waals surface area contributed by atoms with Crippen LogP contribution in [0.1, 0.15) is 32.0 Å². The number of nitrogens with two attached hydrogens (primary N) is 1. The normalized spacial score (nSPS) is 20.5. The maximum absolute atomic E-state index is 5.55. The number of hydrogen-bond donors (Lipinski definition) is 1. The molecular formula is C12H23ClN4O2. The summed E-state index contributed by atoms with van der Waals surface area (Å²) in [6, 6.07) is 0.443. The summed E-state index contributed by atoms with van der Waals surface area (Å²) < 4.78 is 10.6. The van der Waals surface area contributed by atoms with E-state index in [1.807, 2.05) is 0 Å². The maximum atomic E-state index is 5.55. The second kappa shape index (κ2) is 7.79. The monoisotopic (exact) mass is 290 g/mol. The van der Waals surface area contributed by atoms with Gasteiger partial charge in [-0.05, 0) is 12.3 Å². The van der Waals surface area contributed by atoms with Gasteiger partial charge in [-0.1, -0.05) is 19.0 Å². The zero-order chi connectivity index (χ0) is 13.0. The fraction of sp³-hybridized carbons (Fsp3) is 0.833. The number of rotatable bonds is 5. The van der Waals surface area contributed by atoms with Crippen LogP contribution in [0, 0.1) is 5.92 Å². The van der Waals surface area contributed by atoms with Gasteiger partial charge >= 0.3 is 0 Å². The van der Waals surface area contributed by atoms with Gasteiger partial charge in [0.1, 0.15) is 0 Å². The average molecular weight is 291 g/mol. The lowest BCUT2D eigenvalue weighted by atomic mass is 10.0. The second-order valence-corrected chi connectivity index (χ2v) is 5.14. The van der Waals surface area contributed by atoms with Gasteiger partial charge in [-0.25, -0.2) is 0 Å². The lowest BCUT2D eigenvalue weighted by Gasteiger charge is -2.35. The van der Waals surface area contributed by atoms with Gasteiger partial charge in [0.15, 0.2) is 5.82 Å². The fourth-order valence-electron chi connectivity index (χ4n) is 2.28. The molecule has 2 N–H and O–H groups in total. The standard InChI is InChI=1S/C12H22N4O2.ClH/c1-9(2)5-10-8-17-4-3-16(10)7-11-14-12(6-13)18-15-11;/h9-10H,3-8,13H2,1-2H3;1H. The molecule has 2 rings (SSSR count). The molecule has 110 valence electrons. The molecule has 1 aliphatic heterocycles. The Hall–Kier alpha value is -0.690. The van der Waals surface area contributed by atoms with E-state index in [1.54, 1.807) is 0 Å². The van der Waals surface area contributed by atoms with Crippen molar-refractivity contribution < 1.29 is 9.26 Å². The molecule has 0 bridgehead atoms. The molecule has 0 amide bonds. The van der Waals surface area contributed by atoms with Gasteiger partial charge in [0.25, 0.3) is 0 Å². The highest BCUT2D eigenvalue weighted by Gasteiger charge is 2.25. The molecule has 0 aromatic carbocycles. The Morgan fingerprint density at radius 2 is 2.26 bits per heavy atom. The van der Waals surface area contributed by atoms with Crippen LogP contribution >= 0.6 is 12.4 Å². The molecule has 0 radical (unpaired) electrons. The molecule has 1 unspecified atom stereocenters. The molecule has 0 aliphatic carbocycles. The molecule has 1 aromatic heterocycles. The summed E-state index contributed by atoms with van der Waals surface area (Å²) in [4.78, 5) is 6.62. The number of morpholine rings is 1. The summed E-state index contributed by atoms with van der Waals surface area (Å²) in [6.07, 6.45) is 1.13. The highest BCUT2D eigenvalue weighted by atomic mass is 35.5. The first-order chi connectivity index (χ1) is 8.69. The third-order valence-corrected chi connectivity index (χ3v) is 3.12. The molecule has 1 atom stereocenters. The summed E-state index contributed by atoms with van der Waals surface area (Å²) >= 11 is 0. The first-order valence-corrected chi connectivity index (χ1v) is 6.52. The van der Waals surface area contributed by atoms with Gasteiger partial charge in [0.05, 0.1) is 26.3 Å². The van der Waals surface area contributed by atoms with E-state index in [9.17, 15) is 0 Å². The Labute approximate surface area is 120 Å². The molecular weight excluding hydrogens is 268 g/mol. The second-order valence-electron chi connectivity index (χ2n) is 5.14. The Kier molecular flexibility index (Phi) is 6.71. The molecule has 7 heteroatoms. The molecule has 2 heterocycles. The molecule has 0 spiro atoms. The highest BCUT2D eigenvalue weighted by molar-refractivity contribution is 5.85. The zero-order valence-corrected chi connectivity index (χ0v) is 12.4. The van der Waals surface area contributed by atoms with E-state index < -0.39 is 0 Å². The number of ether oxygens (including phenoxy) is 1. The Bertz CT molecular complexity index is 372. The van der Waals surface area contributed by atoms with Gasteiger partial charge < -0.3 is 15.0 Å². The largest absolute Gasteiger partial charge is 0.378 e. The zero-order valence-electron chi connectivity index (χ0n) is 11.5. The van der Waals surface area contributed by atoms with E-state index in [0.29, 0.717) is 36.8 Å². The molecule has 6 nitrogen and oxygen atoms in total. The summed E-state index contributed by atoms with van der Waals surface area (Å²) in [5.74, 6) is 1.87. The molecule has 1 saturated heterocycles. The quantitative estimate of drug-likeness (QED) is 0.878. The minimum Gasteiger partial charge on any atom is -0.378 e. The molecule has 0 saturated carbocycles. The predicted octanol–water partition coefficient (Wildman–Crippen LogP) is 1.20. The van der Waals surface area contributed by atoms with Crippen molar-refractivity contribution >= 4 is 12.4 Å². The van der Waals surface area contributed by atoms with Crippen molar-refractivity contribution in [3.63, 3.8) is 0 Å². The topological polar surface area (TPSA) is 77.4 Å². The van der Waals surface area contributed by atoms with Gasteiger partial charge in [-0.3, -0.25) is 4.90 Å². The van der Waals surface area contributed by atoms with Crippen molar-refractivity contribution in [2.45, 2.75) is 39.4 Å². The van der Waals surface area contributed by atoms with Crippen molar-refractivity contribution in [2.75, 3.05) is 19.8 Å². The summed E-state index contributed by atoms with van der Waals surface area (Å²) in [5, 5.41) is 3.95. The minimum atomic E-state index is 0. The van der Waals surface area contributed by atoms with Gasteiger partial charge in [0.2, 0.25) is 5.89 Å². The van der Waals surface area contributed by atoms with Gasteiger partial charge in [-0.15, -0.1) is 12.4 Å². The van der Waals surface area contributed by atoms with Crippen LogP contribution in [0.5, 0.6) is 0 Å². The number of nitrogens with zero attached hydrogens (tertiary/aromatic N) is 3. The van der Waals surface area contributed by atoms with Crippen molar-refractivity contribution in [2.24, 2.45) is 11.7 Å². The Morgan fingerprint density at radius 3 is 2.89 bits per heavy atom. The first kappa shape index (κ1) is 16.4. The predicted molar refractivity (Wildman–Crippen MR) is 73.9 cm³/mol. The van der Waals surface area contributed by atoms with Crippen LogP contribution in [0.2, 0.25) is 0 Å². The van der Waals surface area contributed by atoms with Crippen LogP contribution in [0.15, 0.2) is 4.52 Å². The van der Waals surface area contributed by atoms with Crippen molar-refractivity contribution in [1.82, 2.24) is 15.0 Å². The Balaban J connectivity index is 0.00000180. The minimum absolute atomic E-state index is 0. The average Bonchev–Trinajstić information content (AvgIpc) is 2.79. The number of halogens is 1. The van der Waals surface area contributed by atoms with Gasteiger partial charge in [0, 0.05) is 12.6 Å². The number of aromatic nitrogens is 2. The van der Waals surface area contributed by atoms with Crippen LogP contribution in [-0.4, -0.2) is 40.8 Å². The van der Waals surface area contributed by atoms with Crippen molar-refractivity contribution in [3.05, 3.63) is 11.7 Å². The molecule has 1 aliphatic rings. The number of hydrogen-bond acceptors (Lipinski definition) is 6. The van der Waals surface area contributed by atoms with Crippen molar-refractivity contribution in [3.8, 4) is 0 Å². The summed E-state index contributed by atoms with van der Waals surface area (Å²) in [6.45, 7) is 7.96. The smallest absolute Gasteiger partial charge is 0.240 e. The van der Waals surface area contributed by atoms with E-state index in [1.165, 1.54) is 0 Å². The van der Waals surface area contributed by atoms with Crippen molar-refractivity contribution in [1.29, 1.82) is 0 Å². The van der Waals surface area contributed by atoms with Crippen LogP contribution < -0.4 is 5.73 Å². The fourth-order valence-corrected chi connectivity index (χ4v) is 2.28. The summed E-state index contributed by atoms with van der Waals surface area (Å²) in [7, 11) is 0. The van der Waals surface area contributed by atoms with Crippen LogP contribution in [0.4, 0.5) is 0 Å². The lowest BCUT2D eigenvalue weighted by molar-refractivity contribution is -0.0199. The van der Waals surface area contributed by atoms with Crippen LogP contribution in [-0.2, 0) is 17.8 Å². The van der Waals surface area contributed by atoms with Crippen LogP contribution in [0.25, 0.3) is 0 Å². The third kappa shape index (κ3) is 4.72. The van der Waals surface area contributed by atoms with E-state index >= 15 is 0 Å². The van der Waals surface area contributed by atoms with E-state index in [-0.39, 0.29) is 12.4 Å². The molecule has 1 aromatic rings. The molecule has 19 heavy (non-hydrogen) atoms. The first-order valence-electron chi connectivity index (χ1n) is 6.52. The lowest BCUT2D eigenvalue weighted by Crippen LogP contribution is -2.45. The van der Waals surface area contributed by atoms with Crippen LogP contribution in [0.3, 0.4) is 0 Å². The summed E-state index contributed by atoms with van der Waals surface area (Å²) in [5.41, 5.74) is 5.46. The van der Waals surface area contributed by atoms with Gasteiger partial charge in [-0.2, -0.15) is 4.98 Å².